The molecule has 0 radical (unpaired) electrons. The van der Waals surface area contributed by atoms with Crippen LogP contribution in [-0.2, 0) is 0 Å². The van der Waals surface area contributed by atoms with Gasteiger partial charge >= 0.3 is 0 Å². The number of pyridine rings is 1. The van der Waals surface area contributed by atoms with E-state index in [1.54, 1.807) is 18.2 Å². The monoisotopic (exact) mass is 379 g/mol. The minimum Gasteiger partial charge on any atom is -0.337 e. The number of nitrogens with one attached hydrogen (secondary N) is 1. The number of aryl methyl sites for hydroxylation is 1. The molecule has 0 unspecified atom stereocenters. The summed E-state index contributed by atoms with van der Waals surface area (Å²) in [6.45, 7) is 9.88. The van der Waals surface area contributed by atoms with Crippen molar-refractivity contribution in [2.24, 2.45) is 5.92 Å². The number of likely N-dealkylation sites (tertiary alicyclic amines) is 1. The van der Waals surface area contributed by atoms with Crippen molar-refractivity contribution in [3.8, 4) is 0 Å². The minimum atomic E-state index is -0.293. The molecule has 1 aromatic heterocycles. The van der Waals surface area contributed by atoms with E-state index in [1.165, 1.54) is 0 Å². The molecule has 0 saturated carbocycles. The van der Waals surface area contributed by atoms with Gasteiger partial charge in [-0.15, -0.1) is 0 Å². The molecule has 0 bridgehead atoms. The highest BCUT2D eigenvalue weighted by molar-refractivity contribution is 6.04. The molecule has 1 aromatic carbocycles. The summed E-state index contributed by atoms with van der Waals surface area (Å²) in [5.74, 6) is 0.550. The number of amides is 2. The number of carbonyl (C=O) groups is 2. The molecule has 0 atom stereocenters. The van der Waals surface area contributed by atoms with E-state index in [4.69, 9.17) is 0 Å². The zero-order chi connectivity index (χ0) is 20.3. The smallest absolute Gasteiger partial charge is 0.274 e. The van der Waals surface area contributed by atoms with Gasteiger partial charge in [0.25, 0.3) is 11.8 Å². The zero-order valence-electron chi connectivity index (χ0n) is 17.2. The minimum absolute atomic E-state index is 0.0969. The van der Waals surface area contributed by atoms with Crippen molar-refractivity contribution < 1.29 is 9.59 Å². The standard InChI is InChI=1S/C23H29N3O2/c1-15(2)18-8-5-7-17(4)21(18)25-22(27)19-9-6-10-20(24-19)23(28)26-13-11-16(3)12-14-26/h5-10,15-16H,11-14H2,1-4H3,(H,25,27). The van der Waals surface area contributed by atoms with Crippen LogP contribution in [0.15, 0.2) is 36.4 Å². The molecule has 5 nitrogen and oxygen atoms in total. The summed E-state index contributed by atoms with van der Waals surface area (Å²) < 4.78 is 0. The molecule has 148 valence electrons. The summed E-state index contributed by atoms with van der Waals surface area (Å²) >= 11 is 0. The molecular formula is C23H29N3O2. The number of benzene rings is 1. The van der Waals surface area contributed by atoms with E-state index in [9.17, 15) is 9.59 Å². The van der Waals surface area contributed by atoms with Gasteiger partial charge in [-0.3, -0.25) is 9.59 Å². The van der Waals surface area contributed by atoms with E-state index in [2.05, 4.69) is 31.1 Å². The van der Waals surface area contributed by atoms with Crippen molar-refractivity contribution in [2.45, 2.75) is 46.5 Å². The van der Waals surface area contributed by atoms with Gasteiger partial charge in [-0.25, -0.2) is 4.98 Å². The third-order valence-electron chi connectivity index (χ3n) is 5.44. The van der Waals surface area contributed by atoms with E-state index in [-0.39, 0.29) is 23.4 Å². The molecule has 2 heterocycles. The molecule has 5 heteroatoms. The fourth-order valence-electron chi connectivity index (χ4n) is 3.57. The first-order valence-electron chi connectivity index (χ1n) is 10.0. The van der Waals surface area contributed by atoms with Gasteiger partial charge in [-0.05, 0) is 54.9 Å². The van der Waals surface area contributed by atoms with Gasteiger partial charge in [0.2, 0.25) is 0 Å². The average molecular weight is 380 g/mol. The number of rotatable bonds is 4. The lowest BCUT2D eigenvalue weighted by Gasteiger charge is -2.30. The Morgan fingerprint density at radius 1 is 1.07 bits per heavy atom. The lowest BCUT2D eigenvalue weighted by Crippen LogP contribution is -2.38. The normalized spacial score (nSPS) is 15.0. The molecule has 28 heavy (non-hydrogen) atoms. The number of anilines is 1. The Hall–Kier alpha value is -2.69. The molecular weight excluding hydrogens is 350 g/mol. The number of hydrogen-bond acceptors (Lipinski definition) is 3. The maximum atomic E-state index is 12.8. The quantitative estimate of drug-likeness (QED) is 0.842. The van der Waals surface area contributed by atoms with Gasteiger partial charge in [0.15, 0.2) is 0 Å². The number of para-hydroxylation sites is 1. The fourth-order valence-corrected chi connectivity index (χ4v) is 3.57. The van der Waals surface area contributed by atoms with Gasteiger partial charge in [-0.1, -0.05) is 45.0 Å². The predicted octanol–water partition coefficient (Wildman–Crippen LogP) is 4.64. The first-order valence-corrected chi connectivity index (χ1v) is 10.0. The molecule has 2 amide bonds. The summed E-state index contributed by atoms with van der Waals surface area (Å²) in [4.78, 5) is 31.8. The molecule has 1 fully saturated rings. The summed E-state index contributed by atoms with van der Waals surface area (Å²) in [5, 5.41) is 3.00. The number of hydrogen-bond donors (Lipinski definition) is 1. The van der Waals surface area contributed by atoms with E-state index in [1.807, 2.05) is 30.0 Å². The second-order valence-electron chi connectivity index (χ2n) is 8.03. The first kappa shape index (κ1) is 20.1. The Morgan fingerprint density at radius 3 is 2.39 bits per heavy atom. The van der Waals surface area contributed by atoms with Crippen LogP contribution in [0.5, 0.6) is 0 Å². The Morgan fingerprint density at radius 2 is 1.71 bits per heavy atom. The average Bonchev–Trinajstić information content (AvgIpc) is 2.69. The highest BCUT2D eigenvalue weighted by Crippen LogP contribution is 2.27. The second-order valence-corrected chi connectivity index (χ2v) is 8.03. The maximum Gasteiger partial charge on any atom is 0.274 e. The van der Waals surface area contributed by atoms with Crippen LogP contribution in [0.2, 0.25) is 0 Å². The van der Waals surface area contributed by atoms with Crippen molar-refractivity contribution >= 4 is 17.5 Å². The van der Waals surface area contributed by atoms with Gasteiger partial charge in [0, 0.05) is 18.8 Å². The Labute approximate surface area is 167 Å². The summed E-state index contributed by atoms with van der Waals surface area (Å²) in [6.07, 6.45) is 2.02. The third kappa shape index (κ3) is 4.41. The largest absolute Gasteiger partial charge is 0.337 e. The fraction of sp³-hybridized carbons (Fsp3) is 0.435. The van der Waals surface area contributed by atoms with E-state index < -0.39 is 0 Å². The van der Waals surface area contributed by atoms with E-state index in [0.29, 0.717) is 11.6 Å². The lowest BCUT2D eigenvalue weighted by molar-refractivity contribution is 0.0691. The topological polar surface area (TPSA) is 62.3 Å². The highest BCUT2D eigenvalue weighted by Gasteiger charge is 2.23. The maximum absolute atomic E-state index is 12.8. The van der Waals surface area contributed by atoms with Crippen molar-refractivity contribution in [3.63, 3.8) is 0 Å². The van der Waals surface area contributed by atoms with Crippen LogP contribution in [-0.4, -0.2) is 34.8 Å². The number of nitrogens with zero attached hydrogens (tertiary/aromatic N) is 2. The van der Waals surface area contributed by atoms with Crippen LogP contribution in [0.25, 0.3) is 0 Å². The Balaban J connectivity index is 1.79. The van der Waals surface area contributed by atoms with Crippen molar-refractivity contribution in [2.75, 3.05) is 18.4 Å². The van der Waals surface area contributed by atoms with Gasteiger partial charge in [0.05, 0.1) is 0 Å². The van der Waals surface area contributed by atoms with E-state index >= 15 is 0 Å². The summed E-state index contributed by atoms with van der Waals surface area (Å²) in [6, 6.07) is 11.1. The van der Waals surface area contributed by atoms with Crippen LogP contribution >= 0.6 is 0 Å². The van der Waals surface area contributed by atoms with Crippen molar-refractivity contribution in [1.82, 2.24) is 9.88 Å². The molecule has 1 aliphatic heterocycles. The van der Waals surface area contributed by atoms with Crippen molar-refractivity contribution in [1.29, 1.82) is 0 Å². The lowest BCUT2D eigenvalue weighted by atomic mass is 9.98. The Bertz CT molecular complexity index is 868. The molecule has 0 spiro atoms. The third-order valence-corrected chi connectivity index (χ3v) is 5.44. The number of carbonyl (C=O) groups excluding carboxylic acids is 2. The Kier molecular flexibility index (Phi) is 6.12. The van der Waals surface area contributed by atoms with Gasteiger partial charge in [-0.2, -0.15) is 0 Å². The van der Waals surface area contributed by atoms with Gasteiger partial charge < -0.3 is 10.2 Å². The SMILES string of the molecule is Cc1cccc(C(C)C)c1NC(=O)c1cccc(C(=O)N2CCC(C)CC2)n1. The van der Waals surface area contributed by atoms with Gasteiger partial charge in [0.1, 0.15) is 11.4 Å². The molecule has 0 aliphatic carbocycles. The van der Waals surface area contributed by atoms with E-state index in [0.717, 1.165) is 42.7 Å². The molecule has 1 saturated heterocycles. The summed E-state index contributed by atoms with van der Waals surface area (Å²) in [7, 11) is 0. The highest BCUT2D eigenvalue weighted by atomic mass is 16.2. The van der Waals surface area contributed by atoms with Crippen LogP contribution in [0.4, 0.5) is 5.69 Å². The van der Waals surface area contributed by atoms with Crippen LogP contribution in [0.3, 0.4) is 0 Å². The van der Waals surface area contributed by atoms with Crippen LogP contribution in [0.1, 0.15) is 71.6 Å². The molecule has 2 aromatic rings. The first-order chi connectivity index (χ1) is 13.4. The predicted molar refractivity (Wildman–Crippen MR) is 112 cm³/mol. The van der Waals surface area contributed by atoms with Crippen LogP contribution < -0.4 is 5.32 Å². The molecule has 1 aliphatic rings. The molecule has 3 rings (SSSR count). The molecule has 1 N–H and O–H groups in total. The summed E-state index contributed by atoms with van der Waals surface area (Å²) in [5.41, 5.74) is 3.51. The number of aromatic nitrogens is 1. The number of piperidine rings is 1. The second kappa shape index (κ2) is 8.55. The zero-order valence-corrected chi connectivity index (χ0v) is 17.2. The van der Waals surface area contributed by atoms with Crippen molar-refractivity contribution in [3.05, 3.63) is 58.9 Å². The van der Waals surface area contributed by atoms with Crippen LogP contribution in [0, 0.1) is 12.8 Å².